The second-order valence-corrected chi connectivity index (χ2v) is 7.37. The number of hydrogen-bond acceptors (Lipinski definition) is 5. The van der Waals surface area contributed by atoms with E-state index in [-0.39, 0.29) is 23.2 Å². The van der Waals surface area contributed by atoms with E-state index in [0.29, 0.717) is 18.3 Å². The van der Waals surface area contributed by atoms with Crippen LogP contribution < -0.4 is 5.32 Å². The van der Waals surface area contributed by atoms with Crippen molar-refractivity contribution in [1.82, 2.24) is 19.9 Å². The third kappa shape index (κ3) is 5.17. The smallest absolute Gasteiger partial charge is 0.340 e. The van der Waals surface area contributed by atoms with Crippen LogP contribution in [0.4, 0.5) is 24.7 Å². The second-order valence-electron chi connectivity index (χ2n) is 7.37. The van der Waals surface area contributed by atoms with Crippen molar-refractivity contribution < 1.29 is 18.0 Å². The van der Waals surface area contributed by atoms with Crippen molar-refractivity contribution >= 4 is 17.4 Å². The summed E-state index contributed by atoms with van der Waals surface area (Å²) in [6.07, 6.45) is -1.11. The van der Waals surface area contributed by atoms with Crippen molar-refractivity contribution in [2.45, 2.75) is 38.5 Å². The number of amides is 1. The number of hydrogen-bond donors (Lipinski definition) is 1. The Labute approximate surface area is 177 Å². The molecule has 0 bridgehead atoms. The lowest BCUT2D eigenvalue weighted by molar-refractivity contribution is -0.141. The standard InChI is InChI=1S/C22H20F3N5O/c1-14(31)30(17-9-10-17)13-15-5-7-16(8-6-15)27-20-12-19(22(23,24)25)28-21(29-20)18-4-2-3-11-26-18/h2-8,11-12,17H,9-10,13H2,1H3,(H,27,28,29). The fourth-order valence-corrected chi connectivity index (χ4v) is 3.19. The number of pyridine rings is 1. The van der Waals surface area contributed by atoms with Gasteiger partial charge in [-0.2, -0.15) is 13.2 Å². The van der Waals surface area contributed by atoms with E-state index in [2.05, 4.69) is 20.3 Å². The predicted octanol–water partition coefficient (Wildman–Crippen LogP) is 4.81. The first-order valence-electron chi connectivity index (χ1n) is 9.80. The summed E-state index contributed by atoms with van der Waals surface area (Å²) in [6, 6.07) is 13.2. The zero-order valence-corrected chi connectivity index (χ0v) is 16.7. The molecule has 0 radical (unpaired) electrons. The molecule has 1 aliphatic rings. The Morgan fingerprint density at radius 3 is 2.45 bits per heavy atom. The van der Waals surface area contributed by atoms with Crippen molar-refractivity contribution in [2.24, 2.45) is 0 Å². The SMILES string of the molecule is CC(=O)N(Cc1ccc(Nc2cc(C(F)(F)F)nc(-c3ccccn3)n2)cc1)C1CC1. The number of anilines is 2. The van der Waals surface area contributed by atoms with Crippen LogP contribution in [0.15, 0.2) is 54.7 Å². The van der Waals surface area contributed by atoms with Gasteiger partial charge < -0.3 is 10.2 Å². The monoisotopic (exact) mass is 427 g/mol. The molecule has 160 valence electrons. The summed E-state index contributed by atoms with van der Waals surface area (Å²) in [4.78, 5) is 25.5. The third-order valence-electron chi connectivity index (χ3n) is 4.88. The first kappa shape index (κ1) is 20.8. The molecular formula is C22H20F3N5O. The van der Waals surface area contributed by atoms with Crippen molar-refractivity contribution in [1.29, 1.82) is 0 Å². The molecule has 0 atom stereocenters. The zero-order chi connectivity index (χ0) is 22.0. The molecule has 1 saturated carbocycles. The minimum atomic E-state index is -4.62. The number of aromatic nitrogens is 3. The van der Waals surface area contributed by atoms with Crippen LogP contribution in [-0.4, -0.2) is 31.8 Å². The highest BCUT2D eigenvalue weighted by Crippen LogP contribution is 2.32. The van der Waals surface area contributed by atoms with Gasteiger partial charge in [0.1, 0.15) is 11.5 Å². The molecule has 2 aromatic heterocycles. The van der Waals surface area contributed by atoms with Gasteiger partial charge in [0.05, 0.1) is 0 Å². The van der Waals surface area contributed by atoms with Crippen molar-refractivity contribution in [3.8, 4) is 11.5 Å². The lowest BCUT2D eigenvalue weighted by Gasteiger charge is -2.20. The Morgan fingerprint density at radius 1 is 1.13 bits per heavy atom. The van der Waals surface area contributed by atoms with E-state index in [1.54, 1.807) is 37.3 Å². The highest BCUT2D eigenvalue weighted by Gasteiger charge is 2.34. The summed E-state index contributed by atoms with van der Waals surface area (Å²) >= 11 is 0. The number of benzene rings is 1. The average molecular weight is 427 g/mol. The molecule has 1 amide bonds. The van der Waals surface area contributed by atoms with E-state index >= 15 is 0 Å². The predicted molar refractivity (Wildman–Crippen MR) is 109 cm³/mol. The number of carbonyl (C=O) groups excluding carboxylic acids is 1. The van der Waals surface area contributed by atoms with Crippen LogP contribution in [0.25, 0.3) is 11.5 Å². The number of carbonyl (C=O) groups is 1. The fraction of sp³-hybridized carbons (Fsp3) is 0.273. The van der Waals surface area contributed by atoms with Gasteiger partial charge in [-0.25, -0.2) is 9.97 Å². The molecule has 0 spiro atoms. The van der Waals surface area contributed by atoms with Crippen LogP contribution in [-0.2, 0) is 17.5 Å². The molecule has 1 aliphatic carbocycles. The van der Waals surface area contributed by atoms with Crippen LogP contribution >= 0.6 is 0 Å². The van der Waals surface area contributed by atoms with Crippen LogP contribution in [0.5, 0.6) is 0 Å². The van der Waals surface area contributed by atoms with Gasteiger partial charge in [0.2, 0.25) is 5.91 Å². The molecular weight excluding hydrogens is 407 g/mol. The first-order valence-corrected chi connectivity index (χ1v) is 9.80. The number of alkyl halides is 3. The topological polar surface area (TPSA) is 71.0 Å². The fourth-order valence-electron chi connectivity index (χ4n) is 3.19. The molecule has 31 heavy (non-hydrogen) atoms. The molecule has 9 heteroatoms. The largest absolute Gasteiger partial charge is 0.433 e. The number of rotatable bonds is 6. The Kier molecular flexibility index (Phi) is 5.58. The van der Waals surface area contributed by atoms with E-state index in [1.165, 1.54) is 6.20 Å². The maximum atomic E-state index is 13.3. The van der Waals surface area contributed by atoms with E-state index in [9.17, 15) is 18.0 Å². The van der Waals surface area contributed by atoms with Crippen molar-refractivity contribution in [3.05, 3.63) is 66.0 Å². The van der Waals surface area contributed by atoms with Crippen LogP contribution in [0.2, 0.25) is 0 Å². The van der Waals surface area contributed by atoms with Crippen LogP contribution in [0, 0.1) is 0 Å². The molecule has 6 nitrogen and oxygen atoms in total. The van der Waals surface area contributed by atoms with Gasteiger partial charge >= 0.3 is 6.18 Å². The highest BCUT2D eigenvalue weighted by atomic mass is 19.4. The normalized spacial score (nSPS) is 13.7. The molecule has 3 aromatic rings. The summed E-state index contributed by atoms with van der Waals surface area (Å²) in [5.41, 5.74) is 0.712. The number of nitrogens with zero attached hydrogens (tertiary/aromatic N) is 4. The van der Waals surface area contributed by atoms with Crippen molar-refractivity contribution in [3.63, 3.8) is 0 Å². The second kappa shape index (κ2) is 8.33. The Bertz CT molecular complexity index is 1070. The number of halogens is 3. The third-order valence-corrected chi connectivity index (χ3v) is 4.88. The molecule has 1 fully saturated rings. The van der Waals surface area contributed by atoms with Gasteiger partial charge in [-0.3, -0.25) is 9.78 Å². The Balaban J connectivity index is 1.56. The van der Waals surface area contributed by atoms with E-state index in [0.717, 1.165) is 24.5 Å². The van der Waals surface area contributed by atoms with E-state index in [4.69, 9.17) is 0 Å². The van der Waals surface area contributed by atoms with Gasteiger partial charge in [-0.1, -0.05) is 18.2 Å². The lowest BCUT2D eigenvalue weighted by atomic mass is 10.2. The summed E-state index contributed by atoms with van der Waals surface area (Å²) < 4.78 is 40.0. The lowest BCUT2D eigenvalue weighted by Crippen LogP contribution is -2.30. The van der Waals surface area contributed by atoms with Gasteiger partial charge in [0.25, 0.3) is 0 Å². The maximum absolute atomic E-state index is 13.3. The van der Waals surface area contributed by atoms with Gasteiger partial charge in [0, 0.05) is 37.5 Å². The average Bonchev–Trinajstić information content (AvgIpc) is 3.58. The molecule has 0 aliphatic heterocycles. The van der Waals surface area contributed by atoms with Crippen LogP contribution in [0.3, 0.4) is 0 Å². The van der Waals surface area contributed by atoms with Crippen LogP contribution in [0.1, 0.15) is 31.0 Å². The Morgan fingerprint density at radius 2 is 1.87 bits per heavy atom. The zero-order valence-electron chi connectivity index (χ0n) is 16.7. The Hall–Kier alpha value is -3.49. The van der Waals surface area contributed by atoms with Gasteiger partial charge in [-0.15, -0.1) is 0 Å². The summed E-state index contributed by atoms with van der Waals surface area (Å²) in [5, 5.41) is 2.91. The molecule has 0 unspecified atom stereocenters. The first-order chi connectivity index (χ1) is 14.8. The summed E-state index contributed by atoms with van der Waals surface area (Å²) in [6.45, 7) is 2.07. The van der Waals surface area contributed by atoms with Gasteiger partial charge in [-0.05, 0) is 42.7 Å². The quantitative estimate of drug-likeness (QED) is 0.611. The molecule has 4 rings (SSSR count). The summed E-state index contributed by atoms with van der Waals surface area (Å²) in [5.74, 6) is -0.0671. The minimum Gasteiger partial charge on any atom is -0.340 e. The number of nitrogens with one attached hydrogen (secondary N) is 1. The maximum Gasteiger partial charge on any atom is 0.433 e. The van der Waals surface area contributed by atoms with E-state index < -0.39 is 11.9 Å². The molecule has 0 saturated heterocycles. The minimum absolute atomic E-state index is 0.0130. The molecule has 1 N–H and O–H groups in total. The molecule has 2 heterocycles. The molecule has 1 aromatic carbocycles. The van der Waals surface area contributed by atoms with Crippen molar-refractivity contribution in [2.75, 3.05) is 5.32 Å². The summed E-state index contributed by atoms with van der Waals surface area (Å²) in [7, 11) is 0. The highest BCUT2D eigenvalue weighted by molar-refractivity contribution is 5.74. The van der Waals surface area contributed by atoms with Gasteiger partial charge in [0.15, 0.2) is 11.5 Å². The van der Waals surface area contributed by atoms with E-state index in [1.807, 2.05) is 17.0 Å².